The van der Waals surface area contributed by atoms with Crippen LogP contribution in [0.2, 0.25) is 0 Å². The summed E-state index contributed by atoms with van der Waals surface area (Å²) in [6.45, 7) is 7.03. The Kier molecular flexibility index (Phi) is 3.29. The standard InChI is InChI=1S/C11H19NO2/c1-4-5-10(14)12-7-6-9(13)11(2,3)8-12/h4-8H2,1-3H3. The maximum atomic E-state index is 11.6. The summed E-state index contributed by atoms with van der Waals surface area (Å²) in [5.74, 6) is 0.464. The van der Waals surface area contributed by atoms with Gasteiger partial charge in [0.25, 0.3) is 0 Å². The minimum atomic E-state index is -0.346. The van der Waals surface area contributed by atoms with Crippen LogP contribution in [-0.4, -0.2) is 29.7 Å². The van der Waals surface area contributed by atoms with Gasteiger partial charge in [-0.2, -0.15) is 0 Å². The highest BCUT2D eigenvalue weighted by Crippen LogP contribution is 2.25. The second kappa shape index (κ2) is 4.11. The van der Waals surface area contributed by atoms with Gasteiger partial charge in [0, 0.05) is 31.3 Å². The fraction of sp³-hybridized carbons (Fsp3) is 0.818. The normalized spacial score (nSPS) is 21.1. The van der Waals surface area contributed by atoms with Crippen molar-refractivity contribution in [3.05, 3.63) is 0 Å². The summed E-state index contributed by atoms with van der Waals surface area (Å²) in [4.78, 5) is 24.9. The van der Waals surface area contributed by atoms with Crippen LogP contribution < -0.4 is 0 Å². The average molecular weight is 197 g/mol. The molecule has 1 rings (SSSR count). The van der Waals surface area contributed by atoms with Crippen molar-refractivity contribution in [1.29, 1.82) is 0 Å². The van der Waals surface area contributed by atoms with Gasteiger partial charge in [-0.3, -0.25) is 9.59 Å². The fourth-order valence-corrected chi connectivity index (χ4v) is 1.80. The molecule has 80 valence electrons. The molecular weight excluding hydrogens is 178 g/mol. The highest BCUT2D eigenvalue weighted by Gasteiger charge is 2.35. The third-order valence-corrected chi connectivity index (χ3v) is 2.77. The lowest BCUT2D eigenvalue weighted by Gasteiger charge is -2.36. The highest BCUT2D eigenvalue weighted by molar-refractivity contribution is 5.87. The predicted octanol–water partition coefficient (Wildman–Crippen LogP) is 1.61. The van der Waals surface area contributed by atoms with E-state index in [9.17, 15) is 9.59 Å². The molecule has 1 saturated heterocycles. The zero-order valence-corrected chi connectivity index (χ0v) is 9.30. The van der Waals surface area contributed by atoms with Gasteiger partial charge >= 0.3 is 0 Å². The number of Topliss-reactive ketones (excluding diaryl/α,β-unsaturated/α-hetero) is 1. The number of hydrogen-bond acceptors (Lipinski definition) is 2. The Morgan fingerprint density at radius 1 is 1.50 bits per heavy atom. The molecule has 0 aliphatic carbocycles. The van der Waals surface area contributed by atoms with Gasteiger partial charge in [0.05, 0.1) is 0 Å². The number of piperidine rings is 1. The molecule has 0 aromatic carbocycles. The minimum Gasteiger partial charge on any atom is -0.341 e. The van der Waals surface area contributed by atoms with Crippen molar-refractivity contribution < 1.29 is 9.59 Å². The lowest BCUT2D eigenvalue weighted by atomic mass is 9.82. The molecule has 3 heteroatoms. The van der Waals surface area contributed by atoms with Crippen LogP contribution in [0.1, 0.15) is 40.0 Å². The Balaban J connectivity index is 2.59. The number of hydrogen-bond donors (Lipinski definition) is 0. The summed E-state index contributed by atoms with van der Waals surface area (Å²) in [7, 11) is 0. The van der Waals surface area contributed by atoms with Gasteiger partial charge in [-0.1, -0.05) is 20.8 Å². The van der Waals surface area contributed by atoms with Crippen molar-refractivity contribution in [1.82, 2.24) is 4.90 Å². The van der Waals surface area contributed by atoms with Crippen molar-refractivity contribution in [2.45, 2.75) is 40.0 Å². The van der Waals surface area contributed by atoms with E-state index in [4.69, 9.17) is 0 Å². The predicted molar refractivity (Wildman–Crippen MR) is 54.9 cm³/mol. The lowest BCUT2D eigenvalue weighted by molar-refractivity contribution is -0.140. The number of rotatable bonds is 2. The zero-order valence-electron chi connectivity index (χ0n) is 9.30. The second-order valence-corrected chi connectivity index (χ2v) is 4.62. The van der Waals surface area contributed by atoms with Crippen molar-refractivity contribution >= 4 is 11.7 Å². The lowest BCUT2D eigenvalue weighted by Crippen LogP contribution is -2.48. The van der Waals surface area contributed by atoms with E-state index < -0.39 is 0 Å². The SMILES string of the molecule is CCCC(=O)N1CCC(=O)C(C)(C)C1. The molecule has 14 heavy (non-hydrogen) atoms. The van der Waals surface area contributed by atoms with Gasteiger partial charge in [0.2, 0.25) is 5.91 Å². The van der Waals surface area contributed by atoms with Gasteiger partial charge in [-0.05, 0) is 6.42 Å². The molecule has 0 radical (unpaired) electrons. The molecule has 1 aliphatic rings. The maximum absolute atomic E-state index is 11.6. The molecular formula is C11H19NO2. The monoisotopic (exact) mass is 197 g/mol. The van der Waals surface area contributed by atoms with E-state index >= 15 is 0 Å². The fourth-order valence-electron chi connectivity index (χ4n) is 1.80. The van der Waals surface area contributed by atoms with E-state index in [-0.39, 0.29) is 17.1 Å². The third-order valence-electron chi connectivity index (χ3n) is 2.77. The quantitative estimate of drug-likeness (QED) is 0.674. The molecule has 1 amide bonds. The molecule has 0 atom stereocenters. The molecule has 0 bridgehead atoms. The Morgan fingerprint density at radius 2 is 2.14 bits per heavy atom. The van der Waals surface area contributed by atoms with Gasteiger partial charge in [-0.15, -0.1) is 0 Å². The molecule has 0 aromatic heterocycles. The van der Waals surface area contributed by atoms with Crippen LogP contribution in [0.5, 0.6) is 0 Å². The van der Waals surface area contributed by atoms with Crippen LogP contribution in [0.4, 0.5) is 0 Å². The van der Waals surface area contributed by atoms with Crippen LogP contribution in [-0.2, 0) is 9.59 Å². The number of likely N-dealkylation sites (tertiary alicyclic amines) is 1. The van der Waals surface area contributed by atoms with Gasteiger partial charge < -0.3 is 4.90 Å². The average Bonchev–Trinajstić information content (AvgIpc) is 2.10. The van der Waals surface area contributed by atoms with E-state index in [1.165, 1.54) is 0 Å². The number of amides is 1. The molecule has 3 nitrogen and oxygen atoms in total. The van der Waals surface area contributed by atoms with Gasteiger partial charge in [0.15, 0.2) is 0 Å². The topological polar surface area (TPSA) is 37.4 Å². The van der Waals surface area contributed by atoms with E-state index in [2.05, 4.69) is 0 Å². The minimum absolute atomic E-state index is 0.188. The summed E-state index contributed by atoms with van der Waals surface area (Å²) in [5.41, 5.74) is -0.346. The smallest absolute Gasteiger partial charge is 0.222 e. The highest BCUT2D eigenvalue weighted by atomic mass is 16.2. The first kappa shape index (κ1) is 11.2. The summed E-state index contributed by atoms with van der Waals surface area (Å²) in [5, 5.41) is 0. The number of nitrogens with zero attached hydrogens (tertiary/aromatic N) is 1. The molecule has 0 spiro atoms. The molecule has 0 saturated carbocycles. The summed E-state index contributed by atoms with van der Waals surface area (Å²) in [6.07, 6.45) is 2.00. The van der Waals surface area contributed by atoms with Crippen LogP contribution in [0.15, 0.2) is 0 Å². The summed E-state index contributed by atoms with van der Waals surface area (Å²) >= 11 is 0. The largest absolute Gasteiger partial charge is 0.341 e. The Bertz CT molecular complexity index is 246. The second-order valence-electron chi connectivity index (χ2n) is 4.62. The van der Waals surface area contributed by atoms with Crippen molar-refractivity contribution in [3.8, 4) is 0 Å². The van der Waals surface area contributed by atoms with Crippen molar-refractivity contribution in [2.24, 2.45) is 5.41 Å². The van der Waals surface area contributed by atoms with Gasteiger partial charge in [0.1, 0.15) is 5.78 Å². The molecule has 1 aliphatic heterocycles. The zero-order chi connectivity index (χ0) is 10.8. The van der Waals surface area contributed by atoms with E-state index in [0.29, 0.717) is 25.9 Å². The van der Waals surface area contributed by atoms with E-state index in [1.54, 1.807) is 0 Å². The summed E-state index contributed by atoms with van der Waals surface area (Å²) in [6, 6.07) is 0. The Labute approximate surface area is 85.5 Å². The molecule has 1 heterocycles. The van der Waals surface area contributed by atoms with Crippen LogP contribution in [0.25, 0.3) is 0 Å². The van der Waals surface area contributed by atoms with Gasteiger partial charge in [-0.25, -0.2) is 0 Å². The van der Waals surface area contributed by atoms with E-state index in [1.807, 2.05) is 25.7 Å². The third kappa shape index (κ3) is 2.34. The molecule has 0 aromatic rings. The maximum Gasteiger partial charge on any atom is 0.222 e. The van der Waals surface area contributed by atoms with Crippen molar-refractivity contribution in [2.75, 3.05) is 13.1 Å². The molecule has 1 fully saturated rings. The van der Waals surface area contributed by atoms with Crippen LogP contribution >= 0.6 is 0 Å². The first-order valence-electron chi connectivity index (χ1n) is 5.28. The van der Waals surface area contributed by atoms with Crippen molar-refractivity contribution in [3.63, 3.8) is 0 Å². The van der Waals surface area contributed by atoms with Crippen LogP contribution in [0, 0.1) is 5.41 Å². The number of ketones is 1. The first-order valence-corrected chi connectivity index (χ1v) is 5.28. The first-order chi connectivity index (χ1) is 6.47. The van der Waals surface area contributed by atoms with E-state index in [0.717, 1.165) is 6.42 Å². The molecule has 0 N–H and O–H groups in total. The Hall–Kier alpha value is -0.860. The Morgan fingerprint density at radius 3 is 2.64 bits per heavy atom. The van der Waals surface area contributed by atoms with Crippen LogP contribution in [0.3, 0.4) is 0 Å². The summed E-state index contributed by atoms with van der Waals surface area (Å²) < 4.78 is 0. The number of carbonyl (C=O) groups excluding carboxylic acids is 2. The molecule has 0 unspecified atom stereocenters. The number of carbonyl (C=O) groups is 2.